The van der Waals surface area contributed by atoms with Crippen LogP contribution in [-0.4, -0.2) is 30.4 Å². The SMILES string of the molecule is CCOc1ccccc1NC(=O)C1c2ccccc2C(=O)N(Cc2ccc(F)cc2)C1c1ccc(OC)cc1. The summed E-state index contributed by atoms with van der Waals surface area (Å²) in [7, 11) is 1.59. The molecule has 198 valence electrons. The van der Waals surface area contributed by atoms with E-state index in [1.165, 1.54) is 12.1 Å². The first-order valence-electron chi connectivity index (χ1n) is 12.8. The van der Waals surface area contributed by atoms with Crippen LogP contribution in [0.15, 0.2) is 97.1 Å². The van der Waals surface area contributed by atoms with E-state index in [0.717, 1.165) is 11.1 Å². The van der Waals surface area contributed by atoms with Crippen molar-refractivity contribution in [2.45, 2.75) is 25.4 Å². The Kier molecular flexibility index (Phi) is 7.59. The molecule has 2 amide bonds. The van der Waals surface area contributed by atoms with Crippen molar-refractivity contribution in [3.05, 3.63) is 125 Å². The van der Waals surface area contributed by atoms with Gasteiger partial charge < -0.3 is 19.7 Å². The summed E-state index contributed by atoms with van der Waals surface area (Å²) in [4.78, 5) is 29.8. The van der Waals surface area contributed by atoms with E-state index in [-0.39, 0.29) is 24.2 Å². The van der Waals surface area contributed by atoms with Crippen molar-refractivity contribution in [1.82, 2.24) is 4.90 Å². The standard InChI is InChI=1S/C32H29FN2O4/c1-3-39-28-11-7-6-10-27(28)34-31(36)29-25-8-4-5-9-26(25)32(37)35(20-21-12-16-23(33)17-13-21)30(29)22-14-18-24(38-2)19-15-22/h4-19,29-30H,3,20H2,1-2H3,(H,34,36). The van der Waals surface area contributed by atoms with Crippen LogP contribution >= 0.6 is 0 Å². The monoisotopic (exact) mass is 524 g/mol. The molecule has 7 heteroatoms. The van der Waals surface area contributed by atoms with Crippen LogP contribution in [0.1, 0.15) is 45.9 Å². The topological polar surface area (TPSA) is 67.9 Å². The van der Waals surface area contributed by atoms with Gasteiger partial charge in [-0.3, -0.25) is 9.59 Å². The zero-order valence-electron chi connectivity index (χ0n) is 21.8. The van der Waals surface area contributed by atoms with Gasteiger partial charge >= 0.3 is 0 Å². The zero-order chi connectivity index (χ0) is 27.4. The van der Waals surface area contributed by atoms with E-state index in [1.807, 2.05) is 55.5 Å². The summed E-state index contributed by atoms with van der Waals surface area (Å²) in [6.07, 6.45) is 0. The van der Waals surface area contributed by atoms with E-state index in [0.29, 0.717) is 34.9 Å². The molecule has 0 saturated carbocycles. The molecule has 0 radical (unpaired) electrons. The average molecular weight is 525 g/mol. The van der Waals surface area contributed by atoms with Crippen molar-refractivity contribution in [1.29, 1.82) is 0 Å². The first-order chi connectivity index (χ1) is 19.0. The summed E-state index contributed by atoms with van der Waals surface area (Å²) in [5.74, 6) is -0.328. The number of fused-ring (bicyclic) bond motifs is 1. The summed E-state index contributed by atoms with van der Waals surface area (Å²) < 4.78 is 24.7. The third-order valence-corrected chi connectivity index (χ3v) is 6.89. The second-order valence-corrected chi connectivity index (χ2v) is 9.26. The maximum atomic E-state index is 14.2. The van der Waals surface area contributed by atoms with Gasteiger partial charge in [0.2, 0.25) is 5.91 Å². The number of ether oxygens (including phenoxy) is 2. The van der Waals surface area contributed by atoms with Crippen LogP contribution in [-0.2, 0) is 11.3 Å². The van der Waals surface area contributed by atoms with Gasteiger partial charge in [-0.15, -0.1) is 0 Å². The van der Waals surface area contributed by atoms with Crippen molar-refractivity contribution in [3.63, 3.8) is 0 Å². The molecule has 0 aromatic heterocycles. The Balaban J connectivity index is 1.63. The minimum absolute atomic E-state index is 0.198. The van der Waals surface area contributed by atoms with Crippen LogP contribution in [0.2, 0.25) is 0 Å². The van der Waals surface area contributed by atoms with Gasteiger partial charge in [0.1, 0.15) is 17.3 Å². The van der Waals surface area contributed by atoms with Crippen molar-refractivity contribution >= 4 is 17.5 Å². The summed E-state index contributed by atoms with van der Waals surface area (Å²) in [6.45, 7) is 2.53. The van der Waals surface area contributed by atoms with Crippen LogP contribution in [0.4, 0.5) is 10.1 Å². The van der Waals surface area contributed by atoms with E-state index in [9.17, 15) is 14.0 Å². The van der Waals surface area contributed by atoms with Gasteiger partial charge in [-0.25, -0.2) is 4.39 Å². The van der Waals surface area contributed by atoms with Crippen LogP contribution in [0.5, 0.6) is 11.5 Å². The van der Waals surface area contributed by atoms with Gasteiger partial charge in [-0.05, 0) is 66.1 Å². The minimum atomic E-state index is -0.734. The van der Waals surface area contributed by atoms with E-state index in [4.69, 9.17) is 9.47 Å². The molecule has 2 unspecified atom stereocenters. The number of halogens is 1. The first kappa shape index (κ1) is 26.0. The molecular formula is C32H29FN2O4. The molecule has 0 spiro atoms. The lowest BCUT2D eigenvalue weighted by atomic mass is 9.79. The molecule has 6 nitrogen and oxygen atoms in total. The van der Waals surface area contributed by atoms with Crippen LogP contribution < -0.4 is 14.8 Å². The number of anilines is 1. The highest BCUT2D eigenvalue weighted by Crippen LogP contribution is 2.44. The smallest absolute Gasteiger partial charge is 0.255 e. The van der Waals surface area contributed by atoms with E-state index < -0.39 is 12.0 Å². The number of amides is 2. The highest BCUT2D eigenvalue weighted by atomic mass is 19.1. The first-order valence-corrected chi connectivity index (χ1v) is 12.8. The van der Waals surface area contributed by atoms with Crippen LogP contribution in [0.3, 0.4) is 0 Å². The molecule has 0 saturated heterocycles. The van der Waals surface area contributed by atoms with Gasteiger partial charge in [0, 0.05) is 12.1 Å². The molecule has 0 aliphatic carbocycles. The summed E-state index contributed by atoms with van der Waals surface area (Å²) in [6, 6.07) is 27.3. The number of para-hydroxylation sites is 2. The number of nitrogens with one attached hydrogen (secondary N) is 1. The number of carbonyl (C=O) groups is 2. The Bertz CT molecular complexity index is 1470. The van der Waals surface area contributed by atoms with Crippen molar-refractivity contribution in [2.24, 2.45) is 0 Å². The largest absolute Gasteiger partial charge is 0.497 e. The Morgan fingerprint density at radius 3 is 2.33 bits per heavy atom. The normalized spacial score (nSPS) is 16.4. The quantitative estimate of drug-likeness (QED) is 0.292. The molecule has 1 heterocycles. The van der Waals surface area contributed by atoms with Gasteiger partial charge in [0.05, 0.1) is 31.4 Å². The van der Waals surface area contributed by atoms with Gasteiger partial charge in [-0.2, -0.15) is 0 Å². The fourth-order valence-electron chi connectivity index (χ4n) is 5.07. The van der Waals surface area contributed by atoms with Gasteiger partial charge in [-0.1, -0.05) is 54.6 Å². The Morgan fingerprint density at radius 1 is 0.923 bits per heavy atom. The number of hydrogen-bond acceptors (Lipinski definition) is 4. The minimum Gasteiger partial charge on any atom is -0.497 e. The highest BCUT2D eigenvalue weighted by molar-refractivity contribution is 6.04. The fourth-order valence-corrected chi connectivity index (χ4v) is 5.07. The third-order valence-electron chi connectivity index (χ3n) is 6.89. The molecule has 5 rings (SSSR count). The molecule has 0 bridgehead atoms. The Morgan fingerprint density at radius 2 is 1.62 bits per heavy atom. The fraction of sp³-hybridized carbons (Fsp3) is 0.188. The number of hydrogen-bond donors (Lipinski definition) is 1. The van der Waals surface area contributed by atoms with Crippen molar-refractivity contribution < 1.29 is 23.5 Å². The van der Waals surface area contributed by atoms with Crippen LogP contribution in [0.25, 0.3) is 0 Å². The van der Waals surface area contributed by atoms with Crippen molar-refractivity contribution in [2.75, 3.05) is 19.0 Å². The lowest BCUT2D eigenvalue weighted by molar-refractivity contribution is -0.119. The lowest BCUT2D eigenvalue weighted by Crippen LogP contribution is -2.45. The summed E-state index contributed by atoms with van der Waals surface area (Å²) >= 11 is 0. The Labute approximate surface area is 227 Å². The number of methoxy groups -OCH3 is 1. The highest BCUT2D eigenvalue weighted by Gasteiger charge is 2.44. The molecule has 1 N–H and O–H groups in total. The molecule has 39 heavy (non-hydrogen) atoms. The third kappa shape index (κ3) is 5.34. The summed E-state index contributed by atoms with van der Waals surface area (Å²) in [5.41, 5.74) is 3.19. The molecular weight excluding hydrogens is 495 g/mol. The van der Waals surface area contributed by atoms with Crippen molar-refractivity contribution in [3.8, 4) is 11.5 Å². The average Bonchev–Trinajstić information content (AvgIpc) is 2.96. The Hall–Kier alpha value is -4.65. The van der Waals surface area contributed by atoms with Gasteiger partial charge in [0.25, 0.3) is 5.91 Å². The molecule has 2 atom stereocenters. The maximum Gasteiger partial charge on any atom is 0.255 e. The molecule has 1 aliphatic heterocycles. The number of carbonyl (C=O) groups excluding carboxylic acids is 2. The predicted octanol–water partition coefficient (Wildman–Crippen LogP) is 6.35. The van der Waals surface area contributed by atoms with E-state index in [1.54, 1.807) is 48.4 Å². The number of nitrogens with zero attached hydrogens (tertiary/aromatic N) is 1. The van der Waals surface area contributed by atoms with E-state index in [2.05, 4.69) is 5.32 Å². The second-order valence-electron chi connectivity index (χ2n) is 9.26. The van der Waals surface area contributed by atoms with Crippen LogP contribution in [0, 0.1) is 5.82 Å². The molecule has 1 aliphatic rings. The molecule has 4 aromatic carbocycles. The van der Waals surface area contributed by atoms with E-state index >= 15 is 0 Å². The second kappa shape index (κ2) is 11.4. The van der Waals surface area contributed by atoms with Gasteiger partial charge in [0.15, 0.2) is 0 Å². The predicted molar refractivity (Wildman–Crippen MR) is 147 cm³/mol. The maximum absolute atomic E-state index is 14.2. The molecule has 4 aromatic rings. The number of benzene rings is 4. The number of rotatable bonds is 8. The zero-order valence-corrected chi connectivity index (χ0v) is 21.8. The summed E-state index contributed by atoms with van der Waals surface area (Å²) in [5, 5.41) is 3.06. The molecule has 0 fully saturated rings. The lowest BCUT2D eigenvalue weighted by Gasteiger charge is -2.42.